The molecule has 2 aromatic rings. The first-order chi connectivity index (χ1) is 15.0. The van der Waals surface area contributed by atoms with Gasteiger partial charge in [0.1, 0.15) is 5.82 Å². The highest BCUT2D eigenvalue weighted by Gasteiger charge is 2.25. The fourth-order valence-electron chi connectivity index (χ4n) is 4.34. The van der Waals surface area contributed by atoms with Gasteiger partial charge in [0.05, 0.1) is 0 Å². The Balaban J connectivity index is 1.16. The van der Waals surface area contributed by atoms with Gasteiger partial charge in [0, 0.05) is 56.7 Å². The van der Waals surface area contributed by atoms with Gasteiger partial charge in [-0.3, -0.25) is 0 Å². The predicted octanol–water partition coefficient (Wildman–Crippen LogP) is 3.76. The van der Waals surface area contributed by atoms with Gasteiger partial charge < -0.3 is 20.4 Å². The van der Waals surface area contributed by atoms with Crippen LogP contribution < -0.4 is 20.4 Å². The Morgan fingerprint density at radius 3 is 1.94 bits per heavy atom. The molecule has 0 aliphatic carbocycles. The Bertz CT molecular complexity index is 908. The number of hydrogen-bond acceptors (Lipinski definition) is 3. The Hall–Kier alpha value is -2.90. The lowest BCUT2D eigenvalue weighted by molar-refractivity contribution is 0.237. The number of nitrogens with zero attached hydrogens (tertiary/aromatic N) is 2. The van der Waals surface area contributed by atoms with E-state index in [9.17, 15) is 18.0 Å². The van der Waals surface area contributed by atoms with E-state index in [2.05, 4.69) is 15.5 Å². The average Bonchev–Trinajstić information content (AvgIpc) is 3.43. The van der Waals surface area contributed by atoms with Gasteiger partial charge in [-0.25, -0.2) is 18.0 Å². The Morgan fingerprint density at radius 2 is 1.35 bits per heavy atom. The van der Waals surface area contributed by atoms with Crippen molar-refractivity contribution < 1.29 is 18.0 Å². The van der Waals surface area contributed by atoms with Crippen LogP contribution in [0.4, 0.5) is 29.3 Å². The standard InChI is InChI=1S/C23H27F3N4O/c24-18-1-3-19(4-2-18)29-9-7-16(14-29)12-27-23(31)28-13-17-8-10-30(15-17)20-5-6-21(25)22(26)11-20/h1-6,11,16-17H,7-10,12-15H2,(H2,27,28,31). The van der Waals surface area contributed by atoms with E-state index in [1.165, 1.54) is 18.2 Å². The number of benzene rings is 2. The first kappa shape index (κ1) is 21.3. The lowest BCUT2D eigenvalue weighted by atomic mass is 10.1. The summed E-state index contributed by atoms with van der Waals surface area (Å²) in [5.41, 5.74) is 1.66. The topological polar surface area (TPSA) is 47.6 Å². The SMILES string of the molecule is O=C(NCC1CCN(c2ccc(F)cc2)C1)NCC1CCN(c2ccc(F)c(F)c2)C1. The molecule has 166 valence electrons. The highest BCUT2D eigenvalue weighted by molar-refractivity contribution is 5.73. The predicted molar refractivity (Wildman–Crippen MR) is 115 cm³/mol. The van der Waals surface area contributed by atoms with Gasteiger partial charge in [-0.1, -0.05) is 0 Å². The zero-order chi connectivity index (χ0) is 21.8. The second kappa shape index (κ2) is 9.49. The van der Waals surface area contributed by atoms with E-state index in [1.807, 2.05) is 4.90 Å². The van der Waals surface area contributed by atoms with Crippen LogP contribution >= 0.6 is 0 Å². The van der Waals surface area contributed by atoms with E-state index in [4.69, 9.17) is 0 Å². The monoisotopic (exact) mass is 432 g/mol. The molecule has 4 rings (SSSR count). The summed E-state index contributed by atoms with van der Waals surface area (Å²) < 4.78 is 39.6. The third-order valence-corrected chi connectivity index (χ3v) is 6.13. The first-order valence-corrected chi connectivity index (χ1v) is 10.7. The van der Waals surface area contributed by atoms with Gasteiger partial charge >= 0.3 is 6.03 Å². The molecule has 0 spiro atoms. The molecule has 0 bridgehead atoms. The summed E-state index contributed by atoms with van der Waals surface area (Å²) in [4.78, 5) is 16.4. The molecular weight excluding hydrogens is 405 g/mol. The van der Waals surface area contributed by atoms with Crippen LogP contribution in [0.25, 0.3) is 0 Å². The minimum Gasteiger partial charge on any atom is -0.371 e. The number of urea groups is 1. The Morgan fingerprint density at radius 1 is 0.806 bits per heavy atom. The molecule has 2 unspecified atom stereocenters. The average molecular weight is 432 g/mol. The summed E-state index contributed by atoms with van der Waals surface area (Å²) in [5, 5.41) is 5.87. The summed E-state index contributed by atoms with van der Waals surface area (Å²) in [5.74, 6) is -1.32. The molecule has 2 amide bonds. The zero-order valence-corrected chi connectivity index (χ0v) is 17.3. The minimum atomic E-state index is -0.846. The molecule has 2 fully saturated rings. The first-order valence-electron chi connectivity index (χ1n) is 10.7. The summed E-state index contributed by atoms with van der Waals surface area (Å²) in [6.07, 6.45) is 1.86. The molecule has 2 heterocycles. The van der Waals surface area contributed by atoms with E-state index in [0.29, 0.717) is 31.2 Å². The molecule has 5 nitrogen and oxygen atoms in total. The number of carbonyl (C=O) groups is 1. The van der Waals surface area contributed by atoms with Crippen molar-refractivity contribution in [2.45, 2.75) is 12.8 Å². The van der Waals surface area contributed by atoms with Crippen molar-refractivity contribution in [1.29, 1.82) is 0 Å². The minimum absolute atomic E-state index is 0.188. The highest BCUT2D eigenvalue weighted by atomic mass is 19.2. The van der Waals surface area contributed by atoms with Crippen LogP contribution in [0.2, 0.25) is 0 Å². The fourth-order valence-corrected chi connectivity index (χ4v) is 4.34. The summed E-state index contributed by atoms with van der Waals surface area (Å²) in [7, 11) is 0. The molecule has 8 heteroatoms. The van der Waals surface area contributed by atoms with Gasteiger partial charge in [-0.2, -0.15) is 0 Å². The van der Waals surface area contributed by atoms with Crippen LogP contribution in [0.15, 0.2) is 42.5 Å². The van der Waals surface area contributed by atoms with E-state index in [1.54, 1.807) is 18.2 Å². The number of amides is 2. The van der Waals surface area contributed by atoms with Crippen LogP contribution in [0.1, 0.15) is 12.8 Å². The molecule has 0 aromatic heterocycles. The summed E-state index contributed by atoms with van der Waals surface area (Å²) in [6, 6.07) is 10.2. The van der Waals surface area contributed by atoms with Crippen LogP contribution in [0.3, 0.4) is 0 Å². The molecule has 2 aliphatic rings. The molecule has 0 radical (unpaired) electrons. The van der Waals surface area contributed by atoms with E-state index in [0.717, 1.165) is 44.2 Å². The quantitative estimate of drug-likeness (QED) is 0.731. The van der Waals surface area contributed by atoms with Gasteiger partial charge in [0.2, 0.25) is 0 Å². The van der Waals surface area contributed by atoms with Crippen LogP contribution in [-0.2, 0) is 0 Å². The largest absolute Gasteiger partial charge is 0.371 e. The number of rotatable bonds is 6. The van der Waals surface area contributed by atoms with Crippen molar-refractivity contribution in [2.75, 3.05) is 49.1 Å². The third-order valence-electron chi connectivity index (χ3n) is 6.13. The highest BCUT2D eigenvalue weighted by Crippen LogP contribution is 2.25. The van der Waals surface area contributed by atoms with Gasteiger partial charge in [-0.15, -0.1) is 0 Å². The number of halogens is 3. The van der Waals surface area contributed by atoms with Crippen LogP contribution in [-0.4, -0.2) is 45.3 Å². The van der Waals surface area contributed by atoms with Gasteiger partial charge in [0.15, 0.2) is 11.6 Å². The molecule has 2 atom stereocenters. The molecule has 2 N–H and O–H groups in total. The van der Waals surface area contributed by atoms with Crippen molar-refractivity contribution >= 4 is 17.4 Å². The molecule has 31 heavy (non-hydrogen) atoms. The lowest BCUT2D eigenvalue weighted by Crippen LogP contribution is -2.41. The molecule has 2 aliphatic heterocycles. The van der Waals surface area contributed by atoms with E-state index < -0.39 is 11.6 Å². The van der Waals surface area contributed by atoms with E-state index in [-0.39, 0.29) is 17.8 Å². The zero-order valence-electron chi connectivity index (χ0n) is 17.3. The van der Waals surface area contributed by atoms with Crippen molar-refractivity contribution in [3.8, 4) is 0 Å². The lowest BCUT2D eigenvalue weighted by Gasteiger charge is -2.20. The Kier molecular flexibility index (Phi) is 6.53. The molecule has 0 saturated carbocycles. The molecular formula is C23H27F3N4O. The number of hydrogen-bond donors (Lipinski definition) is 2. The van der Waals surface area contributed by atoms with Crippen molar-refractivity contribution in [1.82, 2.24) is 10.6 Å². The van der Waals surface area contributed by atoms with Gasteiger partial charge in [-0.05, 0) is 61.1 Å². The maximum Gasteiger partial charge on any atom is 0.314 e. The number of anilines is 2. The van der Waals surface area contributed by atoms with Crippen molar-refractivity contribution in [2.24, 2.45) is 11.8 Å². The maximum absolute atomic E-state index is 13.4. The number of carbonyl (C=O) groups excluding carboxylic acids is 1. The summed E-state index contributed by atoms with van der Waals surface area (Å²) >= 11 is 0. The van der Waals surface area contributed by atoms with Crippen molar-refractivity contribution in [3.05, 3.63) is 59.9 Å². The van der Waals surface area contributed by atoms with Crippen molar-refractivity contribution in [3.63, 3.8) is 0 Å². The smallest absolute Gasteiger partial charge is 0.314 e. The number of nitrogens with one attached hydrogen (secondary N) is 2. The third kappa shape index (κ3) is 5.42. The second-order valence-electron chi connectivity index (χ2n) is 8.37. The van der Waals surface area contributed by atoms with Gasteiger partial charge in [0.25, 0.3) is 0 Å². The molecule has 2 aromatic carbocycles. The maximum atomic E-state index is 13.4. The fraction of sp³-hybridized carbons (Fsp3) is 0.435. The van der Waals surface area contributed by atoms with Crippen LogP contribution in [0, 0.1) is 29.3 Å². The summed E-state index contributed by atoms with van der Waals surface area (Å²) in [6.45, 7) is 4.30. The van der Waals surface area contributed by atoms with Crippen LogP contribution in [0.5, 0.6) is 0 Å². The molecule has 2 saturated heterocycles. The second-order valence-corrected chi connectivity index (χ2v) is 8.37. The van der Waals surface area contributed by atoms with E-state index >= 15 is 0 Å². The normalized spacial score (nSPS) is 20.9. The Labute approximate surface area is 180 Å².